The smallest absolute Gasteiger partial charge is 0.246 e. The Morgan fingerprint density at radius 3 is 2.55 bits per heavy atom. The first-order chi connectivity index (χ1) is 9.49. The van der Waals surface area contributed by atoms with Crippen molar-refractivity contribution < 1.29 is 13.8 Å². The van der Waals surface area contributed by atoms with Crippen LogP contribution in [0.1, 0.15) is 39.0 Å². The molecule has 3 atom stereocenters. The number of hydrogen-bond acceptors (Lipinski definition) is 3. The van der Waals surface area contributed by atoms with Crippen LogP contribution in [0.4, 0.5) is 0 Å². The first-order valence-electron chi connectivity index (χ1n) is 7.39. The molecule has 3 unspecified atom stereocenters. The van der Waals surface area contributed by atoms with Gasteiger partial charge >= 0.3 is 0 Å². The maximum atomic E-state index is 12.6. The van der Waals surface area contributed by atoms with Crippen molar-refractivity contribution in [2.45, 2.75) is 51.1 Å². The molecule has 0 aromatic heterocycles. The van der Waals surface area contributed by atoms with Crippen LogP contribution >= 0.6 is 0 Å². The molecule has 1 saturated carbocycles. The first kappa shape index (κ1) is 15.5. The van der Waals surface area contributed by atoms with Crippen LogP contribution in [0.5, 0.6) is 0 Å². The molecule has 20 heavy (non-hydrogen) atoms. The van der Waals surface area contributed by atoms with Gasteiger partial charge in [0.15, 0.2) is 0 Å². The van der Waals surface area contributed by atoms with Crippen molar-refractivity contribution in [3.05, 3.63) is 0 Å². The Bertz CT molecular complexity index is 407. The molecule has 2 rings (SSSR count). The fourth-order valence-corrected chi connectivity index (χ4v) is 4.14. The summed E-state index contributed by atoms with van der Waals surface area (Å²) in [6.07, 6.45) is 7.15. The molecule has 1 heterocycles. The highest BCUT2D eigenvalue weighted by molar-refractivity contribution is 7.84. The van der Waals surface area contributed by atoms with Crippen LogP contribution in [0, 0.1) is 5.92 Å². The monoisotopic (exact) mass is 300 g/mol. The van der Waals surface area contributed by atoms with Gasteiger partial charge in [0, 0.05) is 28.9 Å². The highest BCUT2D eigenvalue weighted by Gasteiger charge is 2.39. The van der Waals surface area contributed by atoms with Crippen molar-refractivity contribution in [1.82, 2.24) is 10.2 Å². The van der Waals surface area contributed by atoms with Crippen LogP contribution in [-0.4, -0.2) is 51.6 Å². The Hall–Kier alpha value is -0.910. The van der Waals surface area contributed by atoms with Gasteiger partial charge in [-0.3, -0.25) is 13.8 Å². The molecule has 0 aromatic carbocycles. The summed E-state index contributed by atoms with van der Waals surface area (Å²) in [4.78, 5) is 26.1. The van der Waals surface area contributed by atoms with Gasteiger partial charge in [-0.1, -0.05) is 19.3 Å². The summed E-state index contributed by atoms with van der Waals surface area (Å²) in [5.41, 5.74) is 0. The summed E-state index contributed by atoms with van der Waals surface area (Å²) < 4.78 is 11.3. The summed E-state index contributed by atoms with van der Waals surface area (Å²) >= 11 is 0. The number of nitrogens with one attached hydrogen (secondary N) is 1. The van der Waals surface area contributed by atoms with Crippen molar-refractivity contribution in [3.63, 3.8) is 0 Å². The standard InChI is InChI=1S/C14H24N2O3S/c1-10(9-20(2)19)16-8-12(17)15-13(14(16)18)11-6-4-3-5-7-11/h10-11,13H,3-9H2,1-2H3,(H,15,17). The summed E-state index contributed by atoms with van der Waals surface area (Å²) in [5.74, 6) is 0.613. The lowest BCUT2D eigenvalue weighted by atomic mass is 9.82. The number of piperazine rings is 1. The zero-order valence-electron chi connectivity index (χ0n) is 12.3. The van der Waals surface area contributed by atoms with E-state index in [2.05, 4.69) is 5.32 Å². The van der Waals surface area contributed by atoms with Gasteiger partial charge in [-0.25, -0.2) is 0 Å². The third-order valence-corrected chi connectivity index (χ3v) is 5.26. The van der Waals surface area contributed by atoms with Gasteiger partial charge in [0.05, 0.1) is 6.54 Å². The molecule has 1 saturated heterocycles. The molecule has 0 bridgehead atoms. The predicted octanol–water partition coefficient (Wildman–Crippen LogP) is 0.661. The largest absolute Gasteiger partial charge is 0.342 e. The maximum absolute atomic E-state index is 12.6. The van der Waals surface area contributed by atoms with Crippen LogP contribution in [0.2, 0.25) is 0 Å². The fourth-order valence-electron chi connectivity index (χ4n) is 3.28. The maximum Gasteiger partial charge on any atom is 0.246 e. The second-order valence-electron chi connectivity index (χ2n) is 6.00. The zero-order valence-corrected chi connectivity index (χ0v) is 13.1. The molecule has 2 fully saturated rings. The van der Waals surface area contributed by atoms with Crippen molar-refractivity contribution in [3.8, 4) is 0 Å². The van der Waals surface area contributed by atoms with Crippen LogP contribution in [0.25, 0.3) is 0 Å². The van der Waals surface area contributed by atoms with Crippen LogP contribution in [0.15, 0.2) is 0 Å². The van der Waals surface area contributed by atoms with Gasteiger partial charge in [0.25, 0.3) is 0 Å². The van der Waals surface area contributed by atoms with Gasteiger partial charge < -0.3 is 10.2 Å². The van der Waals surface area contributed by atoms with E-state index in [4.69, 9.17) is 0 Å². The Morgan fingerprint density at radius 2 is 1.95 bits per heavy atom. The number of rotatable bonds is 4. The Kier molecular flexibility index (Phi) is 5.18. The molecule has 2 amide bonds. The van der Waals surface area contributed by atoms with Crippen LogP contribution < -0.4 is 5.32 Å². The minimum Gasteiger partial charge on any atom is -0.342 e. The van der Waals surface area contributed by atoms with E-state index in [1.165, 1.54) is 6.42 Å². The number of amides is 2. The third kappa shape index (κ3) is 3.59. The van der Waals surface area contributed by atoms with Crippen molar-refractivity contribution in [2.75, 3.05) is 18.6 Å². The molecular weight excluding hydrogens is 276 g/mol. The lowest BCUT2D eigenvalue weighted by molar-refractivity contribution is -0.147. The first-order valence-corrected chi connectivity index (χ1v) is 9.11. The van der Waals surface area contributed by atoms with Crippen LogP contribution in [-0.2, 0) is 20.4 Å². The summed E-state index contributed by atoms with van der Waals surface area (Å²) in [5, 5.41) is 2.87. The topological polar surface area (TPSA) is 66.5 Å². The predicted molar refractivity (Wildman–Crippen MR) is 78.6 cm³/mol. The van der Waals surface area contributed by atoms with E-state index in [-0.39, 0.29) is 36.4 Å². The minimum absolute atomic E-state index is 0.00875. The van der Waals surface area contributed by atoms with E-state index in [0.717, 1.165) is 25.7 Å². The van der Waals surface area contributed by atoms with E-state index < -0.39 is 10.8 Å². The molecule has 1 aliphatic carbocycles. The van der Waals surface area contributed by atoms with E-state index in [1.54, 1.807) is 11.2 Å². The highest BCUT2D eigenvalue weighted by atomic mass is 32.2. The van der Waals surface area contributed by atoms with E-state index in [0.29, 0.717) is 5.75 Å². The van der Waals surface area contributed by atoms with Crippen LogP contribution in [0.3, 0.4) is 0 Å². The molecule has 5 nitrogen and oxygen atoms in total. The van der Waals surface area contributed by atoms with Gasteiger partial charge in [0.2, 0.25) is 11.8 Å². The second-order valence-corrected chi connectivity index (χ2v) is 7.48. The van der Waals surface area contributed by atoms with E-state index in [1.807, 2.05) is 6.92 Å². The third-order valence-electron chi connectivity index (χ3n) is 4.31. The summed E-state index contributed by atoms with van der Waals surface area (Å²) in [7, 11) is -0.965. The highest BCUT2D eigenvalue weighted by Crippen LogP contribution is 2.28. The van der Waals surface area contributed by atoms with E-state index >= 15 is 0 Å². The molecule has 114 valence electrons. The summed E-state index contributed by atoms with van der Waals surface area (Å²) in [6.45, 7) is 1.97. The minimum atomic E-state index is -0.965. The Balaban J connectivity index is 2.08. The molecule has 0 spiro atoms. The quantitative estimate of drug-likeness (QED) is 0.829. The fraction of sp³-hybridized carbons (Fsp3) is 0.857. The normalized spacial score (nSPS) is 28.1. The molecule has 0 aromatic rings. The number of carbonyl (C=O) groups excluding carboxylic acids is 2. The average Bonchev–Trinajstić information content (AvgIpc) is 2.41. The Labute approximate surface area is 122 Å². The summed E-state index contributed by atoms with van der Waals surface area (Å²) in [6, 6.07) is -0.519. The van der Waals surface area contributed by atoms with Gasteiger partial charge in [-0.05, 0) is 25.7 Å². The molecule has 2 aliphatic rings. The molecule has 1 N–H and O–H groups in total. The van der Waals surface area contributed by atoms with Crippen molar-refractivity contribution in [2.24, 2.45) is 5.92 Å². The number of carbonyl (C=O) groups is 2. The van der Waals surface area contributed by atoms with E-state index in [9.17, 15) is 13.8 Å². The van der Waals surface area contributed by atoms with Gasteiger partial charge in [-0.15, -0.1) is 0 Å². The van der Waals surface area contributed by atoms with Gasteiger partial charge in [-0.2, -0.15) is 0 Å². The number of hydrogen-bond donors (Lipinski definition) is 1. The molecule has 6 heteroatoms. The van der Waals surface area contributed by atoms with Gasteiger partial charge in [0.1, 0.15) is 6.04 Å². The zero-order chi connectivity index (χ0) is 14.7. The molecule has 0 radical (unpaired) electrons. The molecule has 1 aliphatic heterocycles. The molecular formula is C14H24N2O3S. The Morgan fingerprint density at radius 1 is 1.30 bits per heavy atom. The van der Waals surface area contributed by atoms with Crippen molar-refractivity contribution >= 4 is 22.6 Å². The SMILES string of the molecule is CC(CS(C)=O)N1CC(=O)NC(C2CCCCC2)C1=O. The van der Waals surface area contributed by atoms with Crippen molar-refractivity contribution in [1.29, 1.82) is 0 Å². The average molecular weight is 300 g/mol. The lowest BCUT2D eigenvalue weighted by Crippen LogP contribution is -2.63. The lowest BCUT2D eigenvalue weighted by Gasteiger charge is -2.40. The number of nitrogens with zero attached hydrogens (tertiary/aromatic N) is 1. The second kappa shape index (κ2) is 6.70.